The van der Waals surface area contributed by atoms with Gasteiger partial charge in [0.15, 0.2) is 11.5 Å². The Balaban J connectivity index is 1.48. The molecule has 0 N–H and O–H groups in total. The maximum Gasteiger partial charge on any atom is 0.257 e. The van der Waals surface area contributed by atoms with Gasteiger partial charge >= 0.3 is 0 Å². The molecule has 3 aromatic rings. The van der Waals surface area contributed by atoms with Crippen molar-refractivity contribution in [1.29, 1.82) is 0 Å². The van der Waals surface area contributed by atoms with Crippen LogP contribution in [0.25, 0.3) is 0 Å². The van der Waals surface area contributed by atoms with Gasteiger partial charge in [-0.3, -0.25) is 14.4 Å². The zero-order valence-electron chi connectivity index (χ0n) is 19.4. The van der Waals surface area contributed by atoms with Crippen molar-refractivity contribution in [1.82, 2.24) is 4.90 Å². The Morgan fingerprint density at radius 1 is 1.00 bits per heavy atom. The van der Waals surface area contributed by atoms with Crippen molar-refractivity contribution in [2.45, 2.75) is 25.9 Å². The summed E-state index contributed by atoms with van der Waals surface area (Å²) in [6.45, 7) is 2.18. The Hall–Kier alpha value is -4.33. The van der Waals surface area contributed by atoms with E-state index < -0.39 is 11.9 Å². The van der Waals surface area contributed by atoms with Crippen molar-refractivity contribution in [3.63, 3.8) is 0 Å². The lowest BCUT2D eigenvalue weighted by Crippen LogP contribution is -2.45. The van der Waals surface area contributed by atoms with Crippen LogP contribution in [0.5, 0.6) is 17.2 Å². The SMILES string of the molecule is COc1ccc(C(=O)N(Cc2ccc3c(c2)OCO3)C2CC(=O)N(c3ccc(C)cc3)C2=O)cc1. The highest BCUT2D eigenvalue weighted by molar-refractivity contribution is 6.23. The monoisotopic (exact) mass is 472 g/mol. The molecule has 1 saturated heterocycles. The normalized spacial score (nSPS) is 16.5. The van der Waals surface area contributed by atoms with E-state index in [0.717, 1.165) is 16.0 Å². The van der Waals surface area contributed by atoms with E-state index in [1.54, 1.807) is 55.6 Å². The molecule has 8 heteroatoms. The third kappa shape index (κ3) is 4.30. The molecule has 35 heavy (non-hydrogen) atoms. The van der Waals surface area contributed by atoms with Gasteiger partial charge in [0.1, 0.15) is 11.8 Å². The Labute approximate surface area is 202 Å². The predicted molar refractivity (Wildman–Crippen MR) is 128 cm³/mol. The highest BCUT2D eigenvalue weighted by Crippen LogP contribution is 2.34. The summed E-state index contributed by atoms with van der Waals surface area (Å²) in [5.41, 5.74) is 2.65. The number of nitrogens with zero attached hydrogens (tertiary/aromatic N) is 2. The first kappa shape index (κ1) is 22.5. The van der Waals surface area contributed by atoms with Crippen LogP contribution in [0.4, 0.5) is 5.69 Å². The Morgan fingerprint density at radius 3 is 2.43 bits per heavy atom. The minimum Gasteiger partial charge on any atom is -0.497 e. The molecule has 1 atom stereocenters. The number of imide groups is 1. The largest absolute Gasteiger partial charge is 0.497 e. The molecule has 2 aliphatic rings. The summed E-state index contributed by atoms with van der Waals surface area (Å²) in [6, 6.07) is 18.3. The van der Waals surface area contributed by atoms with E-state index >= 15 is 0 Å². The summed E-state index contributed by atoms with van der Waals surface area (Å²) in [5, 5.41) is 0. The standard InChI is InChI=1S/C27H24N2O6/c1-17-3-8-20(9-4-17)29-25(30)14-22(27(29)32)28(26(31)19-6-10-21(33-2)11-7-19)15-18-5-12-23-24(13-18)35-16-34-23/h3-13,22H,14-16H2,1-2H3. The van der Waals surface area contributed by atoms with Gasteiger partial charge < -0.3 is 19.1 Å². The van der Waals surface area contributed by atoms with E-state index in [2.05, 4.69) is 0 Å². The van der Waals surface area contributed by atoms with Gasteiger partial charge in [-0.05, 0) is 61.0 Å². The molecule has 0 aliphatic carbocycles. The van der Waals surface area contributed by atoms with E-state index in [1.165, 1.54) is 4.90 Å². The van der Waals surface area contributed by atoms with Gasteiger partial charge in [0.05, 0.1) is 19.2 Å². The van der Waals surface area contributed by atoms with Crippen LogP contribution in [0.1, 0.15) is 27.9 Å². The number of anilines is 1. The van der Waals surface area contributed by atoms with Gasteiger partial charge in [-0.15, -0.1) is 0 Å². The summed E-state index contributed by atoms with van der Waals surface area (Å²) < 4.78 is 16.0. The molecular formula is C27H24N2O6. The Kier molecular flexibility index (Phi) is 5.86. The van der Waals surface area contributed by atoms with Crippen molar-refractivity contribution >= 4 is 23.4 Å². The van der Waals surface area contributed by atoms with Crippen LogP contribution in [0.2, 0.25) is 0 Å². The number of hydrogen-bond donors (Lipinski definition) is 0. The zero-order valence-corrected chi connectivity index (χ0v) is 19.4. The minimum absolute atomic E-state index is 0.0981. The molecule has 0 spiro atoms. The van der Waals surface area contributed by atoms with E-state index in [1.807, 2.05) is 25.1 Å². The average molecular weight is 472 g/mol. The van der Waals surface area contributed by atoms with E-state index in [0.29, 0.717) is 28.5 Å². The van der Waals surface area contributed by atoms with Crippen molar-refractivity contribution < 1.29 is 28.6 Å². The third-order valence-corrected chi connectivity index (χ3v) is 6.18. The lowest BCUT2D eigenvalue weighted by molar-refractivity contribution is -0.122. The van der Waals surface area contributed by atoms with Gasteiger partial charge in [0.2, 0.25) is 12.7 Å². The van der Waals surface area contributed by atoms with E-state index in [4.69, 9.17) is 14.2 Å². The van der Waals surface area contributed by atoms with Crippen molar-refractivity contribution in [2.75, 3.05) is 18.8 Å². The highest BCUT2D eigenvalue weighted by Gasteiger charge is 2.44. The summed E-state index contributed by atoms with van der Waals surface area (Å²) >= 11 is 0. The molecule has 178 valence electrons. The average Bonchev–Trinajstić information content (AvgIpc) is 3.46. The molecule has 3 aromatic carbocycles. The summed E-state index contributed by atoms with van der Waals surface area (Å²) in [5.74, 6) is 0.682. The van der Waals surface area contributed by atoms with E-state index in [-0.39, 0.29) is 31.6 Å². The van der Waals surface area contributed by atoms with Gasteiger partial charge in [-0.2, -0.15) is 0 Å². The Bertz CT molecular complexity index is 1290. The number of amides is 3. The molecular weight excluding hydrogens is 448 g/mol. The van der Waals surface area contributed by atoms with Crippen molar-refractivity contribution in [3.8, 4) is 17.2 Å². The molecule has 0 bridgehead atoms. The summed E-state index contributed by atoms with van der Waals surface area (Å²) in [6.07, 6.45) is -0.0981. The lowest BCUT2D eigenvalue weighted by atomic mass is 10.1. The van der Waals surface area contributed by atoms with Crippen molar-refractivity contribution in [2.24, 2.45) is 0 Å². The van der Waals surface area contributed by atoms with Crippen LogP contribution in [0.3, 0.4) is 0 Å². The van der Waals surface area contributed by atoms with Crippen LogP contribution in [-0.4, -0.2) is 42.6 Å². The Morgan fingerprint density at radius 2 is 1.71 bits per heavy atom. The number of ether oxygens (including phenoxy) is 3. The fourth-order valence-electron chi connectivity index (χ4n) is 4.28. The second kappa shape index (κ2) is 9.13. The van der Waals surface area contributed by atoms with Crippen LogP contribution in [0.15, 0.2) is 66.7 Å². The smallest absolute Gasteiger partial charge is 0.257 e. The van der Waals surface area contributed by atoms with Gasteiger partial charge in [-0.25, -0.2) is 4.90 Å². The number of methoxy groups -OCH3 is 1. The minimum atomic E-state index is -0.941. The molecule has 1 unspecified atom stereocenters. The molecule has 0 aromatic heterocycles. The van der Waals surface area contributed by atoms with Gasteiger partial charge in [0.25, 0.3) is 11.8 Å². The number of aryl methyl sites for hydroxylation is 1. The van der Waals surface area contributed by atoms with Crippen molar-refractivity contribution in [3.05, 3.63) is 83.4 Å². The highest BCUT2D eigenvalue weighted by atomic mass is 16.7. The summed E-state index contributed by atoms with van der Waals surface area (Å²) in [4.78, 5) is 42.7. The number of rotatable bonds is 6. The number of hydrogen-bond acceptors (Lipinski definition) is 6. The quantitative estimate of drug-likeness (QED) is 0.509. The first-order valence-electron chi connectivity index (χ1n) is 11.2. The second-order valence-corrected chi connectivity index (χ2v) is 8.47. The van der Waals surface area contributed by atoms with Crippen LogP contribution in [0, 0.1) is 6.92 Å². The van der Waals surface area contributed by atoms with Crippen LogP contribution >= 0.6 is 0 Å². The topological polar surface area (TPSA) is 85.4 Å². The second-order valence-electron chi connectivity index (χ2n) is 8.47. The molecule has 1 fully saturated rings. The zero-order chi connectivity index (χ0) is 24.5. The lowest BCUT2D eigenvalue weighted by Gasteiger charge is -2.28. The molecule has 8 nitrogen and oxygen atoms in total. The first-order valence-corrected chi connectivity index (χ1v) is 11.2. The molecule has 0 saturated carbocycles. The fourth-order valence-corrected chi connectivity index (χ4v) is 4.28. The maximum atomic E-state index is 13.7. The molecule has 3 amide bonds. The fraction of sp³-hybridized carbons (Fsp3) is 0.222. The van der Waals surface area contributed by atoms with E-state index in [9.17, 15) is 14.4 Å². The van der Waals surface area contributed by atoms with Crippen LogP contribution in [-0.2, 0) is 16.1 Å². The molecule has 0 radical (unpaired) electrons. The third-order valence-electron chi connectivity index (χ3n) is 6.18. The number of carbonyl (C=O) groups excluding carboxylic acids is 3. The molecule has 5 rings (SSSR count). The number of fused-ring (bicyclic) bond motifs is 1. The number of carbonyl (C=O) groups is 3. The predicted octanol–water partition coefficient (Wildman–Crippen LogP) is 3.71. The van der Waals surface area contributed by atoms with Crippen LogP contribution < -0.4 is 19.1 Å². The molecule has 2 heterocycles. The van der Waals surface area contributed by atoms with Gasteiger partial charge in [0, 0.05) is 12.1 Å². The first-order chi connectivity index (χ1) is 16.9. The van der Waals surface area contributed by atoms with Gasteiger partial charge in [-0.1, -0.05) is 23.8 Å². The number of benzene rings is 3. The molecule has 2 aliphatic heterocycles. The maximum absolute atomic E-state index is 13.7. The summed E-state index contributed by atoms with van der Waals surface area (Å²) in [7, 11) is 1.55.